The van der Waals surface area contributed by atoms with Gasteiger partial charge in [0.15, 0.2) is 0 Å². The van der Waals surface area contributed by atoms with Crippen LogP contribution < -0.4 is 16.4 Å². The highest BCUT2D eigenvalue weighted by molar-refractivity contribution is 6.05. The van der Waals surface area contributed by atoms with Crippen molar-refractivity contribution in [3.05, 3.63) is 83.7 Å². The molecular weight excluding hydrogens is 416 g/mol. The van der Waals surface area contributed by atoms with Crippen molar-refractivity contribution < 1.29 is 9.59 Å². The second kappa shape index (κ2) is 11.1. The number of para-hydroxylation sites is 2. The molecule has 0 radical (unpaired) electrons. The number of pyridine rings is 1. The number of aryl methyl sites for hydroxylation is 1. The van der Waals surface area contributed by atoms with Crippen molar-refractivity contribution in [1.82, 2.24) is 14.8 Å². The van der Waals surface area contributed by atoms with Gasteiger partial charge in [-0.1, -0.05) is 24.3 Å². The van der Waals surface area contributed by atoms with Crippen LogP contribution in [0.2, 0.25) is 0 Å². The van der Waals surface area contributed by atoms with Crippen molar-refractivity contribution >= 4 is 29.0 Å². The average molecular weight is 447 g/mol. The minimum atomic E-state index is -0.298. The Balaban J connectivity index is 1.68. The van der Waals surface area contributed by atoms with Gasteiger partial charge in [-0.15, -0.1) is 0 Å². The summed E-state index contributed by atoms with van der Waals surface area (Å²) in [6, 6.07) is 18.0. The van der Waals surface area contributed by atoms with Gasteiger partial charge in [-0.3, -0.25) is 9.78 Å². The molecule has 0 spiro atoms. The van der Waals surface area contributed by atoms with Gasteiger partial charge < -0.3 is 26.2 Å². The number of hydrogen-bond donors (Lipinski definition) is 3. The van der Waals surface area contributed by atoms with Crippen LogP contribution in [-0.2, 0) is 6.54 Å². The number of nitrogens with two attached hydrogens (primary N) is 1. The summed E-state index contributed by atoms with van der Waals surface area (Å²) < 4.78 is 0. The van der Waals surface area contributed by atoms with Gasteiger partial charge in [0, 0.05) is 25.0 Å². The quantitative estimate of drug-likeness (QED) is 0.457. The summed E-state index contributed by atoms with van der Waals surface area (Å²) in [5.74, 6) is -0.298. The molecule has 0 unspecified atom stereocenters. The van der Waals surface area contributed by atoms with E-state index in [1.165, 1.54) is 6.20 Å². The molecule has 4 N–H and O–H groups in total. The maximum Gasteiger partial charge on any atom is 0.322 e. The van der Waals surface area contributed by atoms with Gasteiger partial charge in [-0.25, -0.2) is 4.79 Å². The molecule has 2 aromatic carbocycles. The molecular formula is C25H30N6O2. The van der Waals surface area contributed by atoms with Gasteiger partial charge >= 0.3 is 6.03 Å². The lowest BCUT2D eigenvalue weighted by molar-refractivity contribution is 0.102. The number of carbonyl (C=O) groups excluding carboxylic acids is 2. The molecule has 0 atom stereocenters. The van der Waals surface area contributed by atoms with Gasteiger partial charge in [0.1, 0.15) is 0 Å². The number of nitrogens with zero attached hydrogens (tertiary/aromatic N) is 3. The Bertz CT molecular complexity index is 1100. The largest absolute Gasteiger partial charge is 0.397 e. The molecule has 0 aliphatic rings. The Hall–Kier alpha value is -3.91. The van der Waals surface area contributed by atoms with E-state index in [9.17, 15) is 9.59 Å². The number of anilines is 3. The van der Waals surface area contributed by atoms with Gasteiger partial charge in [-0.2, -0.15) is 0 Å². The molecule has 8 nitrogen and oxygen atoms in total. The minimum Gasteiger partial charge on any atom is -0.397 e. The molecule has 0 bridgehead atoms. The van der Waals surface area contributed by atoms with E-state index in [-0.39, 0.29) is 11.9 Å². The van der Waals surface area contributed by atoms with Crippen molar-refractivity contribution in [2.45, 2.75) is 13.5 Å². The smallest absolute Gasteiger partial charge is 0.322 e. The molecule has 33 heavy (non-hydrogen) atoms. The third-order valence-electron chi connectivity index (χ3n) is 5.02. The van der Waals surface area contributed by atoms with Crippen LogP contribution in [-0.4, -0.2) is 53.9 Å². The fourth-order valence-corrected chi connectivity index (χ4v) is 3.15. The number of benzene rings is 2. The minimum absolute atomic E-state index is 0.203. The second-order valence-corrected chi connectivity index (χ2v) is 8.10. The fraction of sp³-hybridized carbons (Fsp3) is 0.240. The van der Waals surface area contributed by atoms with Gasteiger partial charge in [0.05, 0.1) is 29.2 Å². The summed E-state index contributed by atoms with van der Waals surface area (Å²) in [7, 11) is 3.92. The molecule has 3 amide bonds. The maximum absolute atomic E-state index is 12.9. The van der Waals surface area contributed by atoms with Crippen LogP contribution in [0.4, 0.5) is 21.9 Å². The lowest BCUT2D eigenvalue weighted by atomic mass is 10.2. The topological polar surface area (TPSA) is 104 Å². The summed E-state index contributed by atoms with van der Waals surface area (Å²) in [4.78, 5) is 33.6. The number of aromatic nitrogens is 1. The van der Waals surface area contributed by atoms with E-state index in [2.05, 4.69) is 15.6 Å². The van der Waals surface area contributed by atoms with Crippen LogP contribution in [0.25, 0.3) is 0 Å². The predicted octanol–water partition coefficient (Wildman–Crippen LogP) is 3.82. The molecule has 1 heterocycles. The number of amides is 3. The number of likely N-dealkylation sites (N-methyl/N-ethyl adjacent to an activating group) is 1. The highest BCUT2D eigenvalue weighted by Crippen LogP contribution is 2.18. The van der Waals surface area contributed by atoms with Crippen molar-refractivity contribution in [2.75, 3.05) is 43.6 Å². The van der Waals surface area contributed by atoms with Crippen LogP contribution in [0.1, 0.15) is 21.6 Å². The zero-order chi connectivity index (χ0) is 23.8. The number of carbonyl (C=O) groups is 2. The third kappa shape index (κ3) is 7.05. The summed E-state index contributed by atoms with van der Waals surface area (Å²) >= 11 is 0. The fourth-order valence-electron chi connectivity index (χ4n) is 3.15. The van der Waals surface area contributed by atoms with Crippen LogP contribution in [0, 0.1) is 6.92 Å². The summed E-state index contributed by atoms with van der Waals surface area (Å²) in [5, 5.41) is 5.74. The van der Waals surface area contributed by atoms with Crippen molar-refractivity contribution in [1.29, 1.82) is 0 Å². The van der Waals surface area contributed by atoms with Crippen LogP contribution in [0.5, 0.6) is 0 Å². The van der Waals surface area contributed by atoms with E-state index in [0.29, 0.717) is 42.3 Å². The monoisotopic (exact) mass is 446 g/mol. The highest BCUT2D eigenvalue weighted by Gasteiger charge is 2.16. The van der Waals surface area contributed by atoms with E-state index < -0.39 is 0 Å². The van der Waals surface area contributed by atoms with Gasteiger partial charge in [-0.05, 0) is 63.0 Å². The number of nitrogens with one attached hydrogen (secondary N) is 2. The molecule has 1 aromatic heterocycles. The Morgan fingerprint density at radius 1 is 0.970 bits per heavy atom. The van der Waals surface area contributed by atoms with E-state index in [0.717, 1.165) is 11.3 Å². The Morgan fingerprint density at radius 3 is 2.42 bits per heavy atom. The van der Waals surface area contributed by atoms with E-state index >= 15 is 0 Å². The van der Waals surface area contributed by atoms with Crippen LogP contribution in [0.3, 0.4) is 0 Å². The van der Waals surface area contributed by atoms with E-state index in [1.807, 2.05) is 50.2 Å². The van der Waals surface area contributed by atoms with E-state index in [4.69, 9.17) is 5.73 Å². The van der Waals surface area contributed by atoms with Crippen molar-refractivity contribution in [3.63, 3.8) is 0 Å². The first-order valence-electron chi connectivity index (χ1n) is 10.7. The van der Waals surface area contributed by atoms with Crippen LogP contribution in [0.15, 0.2) is 66.9 Å². The zero-order valence-electron chi connectivity index (χ0n) is 19.2. The average Bonchev–Trinajstić information content (AvgIpc) is 2.78. The van der Waals surface area contributed by atoms with Crippen molar-refractivity contribution in [3.8, 4) is 0 Å². The number of hydrogen-bond acceptors (Lipinski definition) is 5. The van der Waals surface area contributed by atoms with E-state index in [1.54, 1.807) is 41.3 Å². The molecule has 172 valence electrons. The number of rotatable bonds is 8. The lowest BCUT2D eigenvalue weighted by Gasteiger charge is -2.24. The third-order valence-corrected chi connectivity index (χ3v) is 5.02. The second-order valence-electron chi connectivity index (χ2n) is 8.10. The Morgan fingerprint density at radius 2 is 1.76 bits per heavy atom. The Kier molecular flexibility index (Phi) is 7.99. The molecule has 0 aliphatic carbocycles. The van der Waals surface area contributed by atoms with Gasteiger partial charge in [0.2, 0.25) is 0 Å². The zero-order valence-corrected chi connectivity index (χ0v) is 19.2. The number of urea groups is 1. The van der Waals surface area contributed by atoms with Gasteiger partial charge in [0.25, 0.3) is 5.91 Å². The number of nitrogen functional groups attached to an aromatic ring is 1. The molecule has 0 saturated carbocycles. The highest BCUT2D eigenvalue weighted by atomic mass is 16.2. The molecule has 3 rings (SSSR count). The first-order valence-corrected chi connectivity index (χ1v) is 10.7. The van der Waals surface area contributed by atoms with Crippen molar-refractivity contribution in [2.24, 2.45) is 0 Å². The first-order chi connectivity index (χ1) is 15.8. The predicted molar refractivity (Wildman–Crippen MR) is 132 cm³/mol. The normalized spacial score (nSPS) is 10.7. The molecule has 0 saturated heterocycles. The summed E-state index contributed by atoms with van der Waals surface area (Å²) in [6.45, 7) is 3.54. The maximum atomic E-state index is 12.9. The SMILES string of the molecule is Cc1cccc(NC(=O)N(CCN(C)C)Cc2ccc(C(=O)Nc3ccccc3N)cn2)c1. The lowest BCUT2D eigenvalue weighted by Crippen LogP contribution is -2.39. The molecule has 3 aromatic rings. The Labute approximate surface area is 194 Å². The standard InChI is InChI=1S/C25H30N6O2/c1-18-7-6-8-20(15-18)28-25(33)31(14-13-30(2)3)17-21-12-11-19(16-27-21)24(32)29-23-10-5-4-9-22(23)26/h4-12,15-16H,13-14,17,26H2,1-3H3,(H,28,33)(H,29,32). The summed E-state index contributed by atoms with van der Waals surface area (Å²) in [6.07, 6.45) is 1.51. The van der Waals surface area contributed by atoms with Crippen LogP contribution >= 0.6 is 0 Å². The first kappa shape index (κ1) is 23.7. The molecule has 8 heteroatoms. The molecule has 0 aliphatic heterocycles. The molecule has 0 fully saturated rings. The summed E-state index contributed by atoms with van der Waals surface area (Å²) in [5.41, 5.74) is 9.84.